The second-order valence-electron chi connectivity index (χ2n) is 4.86. The van der Waals surface area contributed by atoms with Crippen LogP contribution in [0, 0.1) is 11.3 Å². The molecule has 0 aromatic heterocycles. The Bertz CT molecular complexity index is 438. The lowest BCUT2D eigenvalue weighted by molar-refractivity contribution is -0.0377. The Morgan fingerprint density at radius 1 is 1.22 bits per heavy atom. The van der Waals surface area contributed by atoms with Gasteiger partial charge in [-0.3, -0.25) is 0 Å². The van der Waals surface area contributed by atoms with E-state index in [9.17, 15) is 8.78 Å². The maximum absolute atomic E-state index is 13.1. The highest BCUT2D eigenvalue weighted by Gasteiger charge is 2.36. The number of halogens is 2. The number of hydrogen-bond donors (Lipinski definition) is 0. The molecule has 1 saturated carbocycles. The zero-order valence-corrected chi connectivity index (χ0v) is 10.4. The van der Waals surface area contributed by atoms with Gasteiger partial charge in [0.15, 0.2) is 0 Å². The van der Waals surface area contributed by atoms with Crippen LogP contribution < -0.4 is 4.90 Å². The minimum Gasteiger partial charge on any atom is -0.372 e. The summed E-state index contributed by atoms with van der Waals surface area (Å²) in [5, 5.41) is 8.73. The lowest BCUT2D eigenvalue weighted by Gasteiger charge is -2.35. The number of nitrogens with zero attached hydrogens (tertiary/aromatic N) is 2. The van der Waals surface area contributed by atoms with Gasteiger partial charge in [0.2, 0.25) is 5.92 Å². The molecule has 96 valence electrons. The molecule has 1 aromatic rings. The Kier molecular flexibility index (Phi) is 3.51. The number of benzene rings is 1. The van der Waals surface area contributed by atoms with Gasteiger partial charge in [-0.15, -0.1) is 0 Å². The predicted octanol–water partition coefficient (Wildman–Crippen LogP) is 3.57. The molecule has 1 aliphatic rings. The normalized spacial score (nSPS) is 19.2. The zero-order valence-electron chi connectivity index (χ0n) is 10.4. The van der Waals surface area contributed by atoms with Gasteiger partial charge in [-0.05, 0) is 37.1 Å². The van der Waals surface area contributed by atoms with Crippen LogP contribution in [0.15, 0.2) is 24.3 Å². The molecule has 0 bridgehead atoms. The molecule has 2 rings (SSSR count). The monoisotopic (exact) mass is 250 g/mol. The van der Waals surface area contributed by atoms with Crippen molar-refractivity contribution in [1.29, 1.82) is 5.26 Å². The molecule has 1 fully saturated rings. The Labute approximate surface area is 106 Å². The summed E-state index contributed by atoms with van der Waals surface area (Å²) in [5.41, 5.74) is 1.59. The molecule has 1 aliphatic carbocycles. The molecule has 2 nitrogen and oxygen atoms in total. The third-order valence-corrected chi connectivity index (χ3v) is 3.64. The Morgan fingerprint density at radius 2 is 1.78 bits per heavy atom. The van der Waals surface area contributed by atoms with Gasteiger partial charge in [0, 0.05) is 31.6 Å². The summed E-state index contributed by atoms with van der Waals surface area (Å²) >= 11 is 0. The van der Waals surface area contributed by atoms with E-state index in [0.717, 1.165) is 5.69 Å². The van der Waals surface area contributed by atoms with Gasteiger partial charge < -0.3 is 4.90 Å². The number of alkyl halides is 2. The highest BCUT2D eigenvalue weighted by molar-refractivity contribution is 5.49. The van der Waals surface area contributed by atoms with E-state index in [1.165, 1.54) is 0 Å². The summed E-state index contributed by atoms with van der Waals surface area (Å²) in [6.45, 7) is 0. The molecule has 18 heavy (non-hydrogen) atoms. The average molecular weight is 250 g/mol. The fourth-order valence-corrected chi connectivity index (χ4v) is 2.39. The van der Waals surface area contributed by atoms with E-state index in [1.807, 2.05) is 24.1 Å². The SMILES string of the molecule is CN(c1ccc(C#N)cc1)C1CCC(F)(F)CC1. The van der Waals surface area contributed by atoms with Crippen LogP contribution in [0.2, 0.25) is 0 Å². The summed E-state index contributed by atoms with van der Waals surface area (Å²) in [7, 11) is 1.93. The number of rotatable bonds is 2. The van der Waals surface area contributed by atoms with Gasteiger partial charge in [0.05, 0.1) is 11.6 Å². The van der Waals surface area contributed by atoms with Crippen LogP contribution in [-0.2, 0) is 0 Å². The highest BCUT2D eigenvalue weighted by Crippen LogP contribution is 2.35. The predicted molar refractivity (Wildman–Crippen MR) is 66.8 cm³/mol. The standard InChI is InChI=1S/C14H16F2N2/c1-18(12-4-2-11(10-17)3-5-12)13-6-8-14(15,16)9-7-13/h2-5,13H,6-9H2,1H3. The molecule has 0 N–H and O–H groups in total. The first-order valence-corrected chi connectivity index (χ1v) is 6.13. The maximum atomic E-state index is 13.1. The van der Waals surface area contributed by atoms with Crippen LogP contribution >= 0.6 is 0 Å². The molecule has 1 aromatic carbocycles. The van der Waals surface area contributed by atoms with Crippen molar-refractivity contribution in [2.45, 2.75) is 37.6 Å². The fraction of sp³-hybridized carbons (Fsp3) is 0.500. The molecule has 0 saturated heterocycles. The van der Waals surface area contributed by atoms with Gasteiger partial charge in [-0.1, -0.05) is 0 Å². The van der Waals surface area contributed by atoms with Crippen molar-refractivity contribution < 1.29 is 8.78 Å². The molecule has 0 radical (unpaired) electrons. The first kappa shape index (κ1) is 12.8. The van der Waals surface area contributed by atoms with E-state index in [1.54, 1.807) is 12.1 Å². The third kappa shape index (κ3) is 2.79. The molecule has 0 spiro atoms. The van der Waals surface area contributed by atoms with Crippen molar-refractivity contribution in [3.63, 3.8) is 0 Å². The van der Waals surface area contributed by atoms with E-state index in [0.29, 0.717) is 18.4 Å². The highest BCUT2D eigenvalue weighted by atomic mass is 19.3. The van der Waals surface area contributed by atoms with Crippen molar-refractivity contribution >= 4 is 5.69 Å². The third-order valence-electron chi connectivity index (χ3n) is 3.64. The minimum atomic E-state index is -2.48. The van der Waals surface area contributed by atoms with E-state index < -0.39 is 5.92 Å². The van der Waals surface area contributed by atoms with Crippen molar-refractivity contribution in [2.75, 3.05) is 11.9 Å². The van der Waals surface area contributed by atoms with Crippen molar-refractivity contribution in [3.05, 3.63) is 29.8 Å². The van der Waals surface area contributed by atoms with Crippen LogP contribution in [-0.4, -0.2) is 19.0 Å². The van der Waals surface area contributed by atoms with Crippen molar-refractivity contribution in [3.8, 4) is 6.07 Å². The summed E-state index contributed by atoms with van der Waals surface area (Å²) in [6, 6.07) is 9.47. The van der Waals surface area contributed by atoms with E-state index >= 15 is 0 Å². The van der Waals surface area contributed by atoms with Gasteiger partial charge in [0.1, 0.15) is 0 Å². The first-order valence-electron chi connectivity index (χ1n) is 6.13. The molecular weight excluding hydrogens is 234 g/mol. The van der Waals surface area contributed by atoms with Gasteiger partial charge in [-0.25, -0.2) is 8.78 Å². The number of anilines is 1. The van der Waals surface area contributed by atoms with Crippen molar-refractivity contribution in [1.82, 2.24) is 0 Å². The van der Waals surface area contributed by atoms with Crippen molar-refractivity contribution in [2.24, 2.45) is 0 Å². The molecule has 0 atom stereocenters. The smallest absolute Gasteiger partial charge is 0.248 e. The summed E-state index contributed by atoms with van der Waals surface area (Å²) in [5.74, 6) is -2.48. The topological polar surface area (TPSA) is 27.0 Å². The second-order valence-corrected chi connectivity index (χ2v) is 4.86. The number of nitriles is 1. The maximum Gasteiger partial charge on any atom is 0.248 e. The van der Waals surface area contributed by atoms with E-state index in [2.05, 4.69) is 6.07 Å². The quantitative estimate of drug-likeness (QED) is 0.802. The molecule has 0 amide bonds. The summed E-state index contributed by atoms with van der Waals surface area (Å²) in [4.78, 5) is 2.04. The van der Waals surface area contributed by atoms with Crippen LogP contribution in [0.25, 0.3) is 0 Å². The summed E-state index contributed by atoms with van der Waals surface area (Å²) < 4.78 is 26.2. The summed E-state index contributed by atoms with van der Waals surface area (Å²) in [6.07, 6.45) is 0.976. The van der Waals surface area contributed by atoms with Gasteiger partial charge in [-0.2, -0.15) is 5.26 Å². The molecule has 0 heterocycles. The minimum absolute atomic E-state index is 0.0295. The first-order chi connectivity index (χ1) is 8.52. The van der Waals surface area contributed by atoms with E-state index in [-0.39, 0.29) is 18.9 Å². The fourth-order valence-electron chi connectivity index (χ4n) is 2.39. The average Bonchev–Trinajstić information content (AvgIpc) is 2.38. The largest absolute Gasteiger partial charge is 0.372 e. The molecule has 4 heteroatoms. The zero-order chi connectivity index (χ0) is 13.2. The Balaban J connectivity index is 2.03. The van der Waals surface area contributed by atoms with Crippen LogP contribution in [0.3, 0.4) is 0 Å². The van der Waals surface area contributed by atoms with E-state index in [4.69, 9.17) is 5.26 Å². The molecule has 0 aliphatic heterocycles. The Morgan fingerprint density at radius 3 is 2.28 bits per heavy atom. The van der Waals surface area contributed by atoms with Crippen LogP contribution in [0.4, 0.5) is 14.5 Å². The van der Waals surface area contributed by atoms with Crippen LogP contribution in [0.1, 0.15) is 31.2 Å². The molecular formula is C14H16F2N2. The van der Waals surface area contributed by atoms with Gasteiger partial charge in [0.25, 0.3) is 0 Å². The second kappa shape index (κ2) is 4.93. The number of hydrogen-bond acceptors (Lipinski definition) is 2. The van der Waals surface area contributed by atoms with Crippen LogP contribution in [0.5, 0.6) is 0 Å². The van der Waals surface area contributed by atoms with Gasteiger partial charge >= 0.3 is 0 Å². The lowest BCUT2D eigenvalue weighted by Crippen LogP contribution is -2.38. The lowest BCUT2D eigenvalue weighted by atomic mass is 9.91. The Hall–Kier alpha value is -1.63. The molecule has 0 unspecified atom stereocenters.